The first-order valence-electron chi connectivity index (χ1n) is 23.7. The van der Waals surface area contributed by atoms with Gasteiger partial charge in [0.25, 0.3) is 11.8 Å². The molecule has 2 saturated heterocycles. The number of para-hydroxylation sites is 1. The van der Waals surface area contributed by atoms with Crippen molar-refractivity contribution in [1.82, 2.24) is 15.1 Å². The minimum atomic E-state index is -1.51. The van der Waals surface area contributed by atoms with Crippen molar-refractivity contribution in [3.8, 4) is 23.0 Å². The molecule has 14 nitrogen and oxygen atoms in total. The van der Waals surface area contributed by atoms with Gasteiger partial charge < -0.3 is 50.4 Å². The second kappa shape index (κ2) is 13.4. The number of ether oxygens (including phenoxy) is 3. The summed E-state index contributed by atoms with van der Waals surface area (Å²) in [5.41, 5.74) is -0.382. The molecule has 2 saturated carbocycles. The number of phenolic OH excluding ortho intramolecular Hbond substituents is 1. The predicted octanol–water partition coefficient (Wildman–Crippen LogP) is 4.59. The molecular formula is C51H56N4O10. The molecule has 2 spiro atoms. The number of amides is 2. The van der Waals surface area contributed by atoms with Crippen LogP contribution in [0.2, 0.25) is 0 Å². The van der Waals surface area contributed by atoms with Gasteiger partial charge in [-0.25, -0.2) is 0 Å². The van der Waals surface area contributed by atoms with Crippen LogP contribution in [0.3, 0.4) is 0 Å². The Morgan fingerprint density at radius 3 is 1.98 bits per heavy atom. The highest BCUT2D eigenvalue weighted by molar-refractivity contribution is 6.04. The smallest absolute Gasteiger partial charge is 0.255 e. The average molecular weight is 885 g/mol. The minimum Gasteiger partial charge on any atom is -0.508 e. The second-order valence-corrected chi connectivity index (χ2v) is 21.2. The lowest BCUT2D eigenvalue weighted by atomic mass is 9.49. The molecule has 13 rings (SSSR count). The van der Waals surface area contributed by atoms with E-state index in [2.05, 4.69) is 26.5 Å². The number of carbonyl (C=O) groups is 2. The fraction of sp³-hybridized carbons (Fsp3) is 0.529. The number of aliphatic hydroxyl groups excluding tert-OH is 2. The van der Waals surface area contributed by atoms with Gasteiger partial charge in [-0.2, -0.15) is 0 Å². The van der Waals surface area contributed by atoms with E-state index in [1.54, 1.807) is 18.2 Å². The van der Waals surface area contributed by atoms with Gasteiger partial charge in [0.2, 0.25) is 0 Å². The van der Waals surface area contributed by atoms with Crippen molar-refractivity contribution in [2.24, 2.45) is 11.8 Å². The topological polar surface area (TPSA) is 194 Å². The van der Waals surface area contributed by atoms with E-state index < -0.39 is 46.2 Å². The molecule has 0 aromatic heterocycles. The first-order chi connectivity index (χ1) is 31.3. The molecule has 7 N–H and O–H groups in total. The fourth-order valence-electron chi connectivity index (χ4n) is 14.3. The lowest BCUT2D eigenvalue weighted by Gasteiger charge is -2.62. The number of anilines is 1. The van der Waals surface area contributed by atoms with Crippen molar-refractivity contribution in [2.45, 2.75) is 130 Å². The molecule has 10 atom stereocenters. The third-order valence-corrected chi connectivity index (χ3v) is 17.4. The fourth-order valence-corrected chi connectivity index (χ4v) is 14.3. The average Bonchev–Trinajstić information content (AvgIpc) is 4.17. The van der Waals surface area contributed by atoms with E-state index in [0.29, 0.717) is 61.9 Å². The monoisotopic (exact) mass is 884 g/mol. The molecule has 3 aromatic carbocycles. The van der Waals surface area contributed by atoms with Gasteiger partial charge in [-0.05, 0) is 113 Å². The lowest BCUT2D eigenvalue weighted by molar-refractivity contribution is -0.172. The van der Waals surface area contributed by atoms with Crippen molar-refractivity contribution < 1.29 is 49.3 Å². The zero-order chi connectivity index (χ0) is 44.5. The number of aliphatic hydroxyl groups is 4. The molecule has 6 aliphatic carbocycles. The van der Waals surface area contributed by atoms with Crippen LogP contribution in [0.5, 0.6) is 23.0 Å². The Labute approximate surface area is 376 Å². The van der Waals surface area contributed by atoms with Crippen molar-refractivity contribution in [2.75, 3.05) is 31.5 Å². The predicted molar refractivity (Wildman–Crippen MR) is 236 cm³/mol. The number of nitrogens with zero attached hydrogens (tertiary/aromatic N) is 2. The summed E-state index contributed by atoms with van der Waals surface area (Å²) in [6.07, 6.45) is 3.03. The number of nitrogens with one attached hydrogen (secondary N) is 2. The number of piperidine rings is 2. The third-order valence-electron chi connectivity index (χ3n) is 17.4. The SMILES string of the molecule is CC(C)NC(=O)C1=C(O)[C@@H]2Oc3c(OC4CC4CN4CC[C@]56c7c8ccc(O)c7O[C@H]5C(O)=C(C(=O)Nc5ccccc5)C[C@@]6(O)[C@H]4C8)ccc4c3[C@@]23CCN(CC2CC2)[C@H](C4)[C@]3(O)C1. The van der Waals surface area contributed by atoms with Gasteiger partial charge in [0.1, 0.15) is 17.6 Å². The summed E-state index contributed by atoms with van der Waals surface area (Å²) >= 11 is 0. The second-order valence-electron chi connectivity index (χ2n) is 21.2. The van der Waals surface area contributed by atoms with Gasteiger partial charge in [-0.15, -0.1) is 0 Å². The first kappa shape index (κ1) is 40.0. The molecule has 4 bridgehead atoms. The lowest BCUT2D eigenvalue weighted by Crippen LogP contribution is -2.75. The van der Waals surface area contributed by atoms with E-state index in [4.69, 9.17) is 14.2 Å². The molecule has 14 heteroatoms. The molecule has 4 fully saturated rings. The van der Waals surface area contributed by atoms with Crippen LogP contribution in [0.25, 0.3) is 0 Å². The van der Waals surface area contributed by atoms with Crippen LogP contribution in [-0.4, -0.2) is 121 Å². The highest BCUT2D eigenvalue weighted by Gasteiger charge is 2.75. The van der Waals surface area contributed by atoms with Crippen molar-refractivity contribution in [3.63, 3.8) is 0 Å². The van der Waals surface area contributed by atoms with E-state index in [1.165, 1.54) is 12.8 Å². The summed E-state index contributed by atoms with van der Waals surface area (Å²) < 4.78 is 20.1. The highest BCUT2D eigenvalue weighted by atomic mass is 16.5. The van der Waals surface area contributed by atoms with Crippen LogP contribution in [0.4, 0.5) is 5.69 Å². The molecule has 65 heavy (non-hydrogen) atoms. The Morgan fingerprint density at radius 1 is 0.769 bits per heavy atom. The van der Waals surface area contributed by atoms with Crippen molar-refractivity contribution in [3.05, 3.63) is 99.5 Å². The largest absolute Gasteiger partial charge is 0.508 e. The molecule has 4 aliphatic heterocycles. The van der Waals surface area contributed by atoms with Gasteiger partial charge in [-0.1, -0.05) is 30.3 Å². The molecular weight excluding hydrogens is 829 g/mol. The van der Waals surface area contributed by atoms with E-state index in [-0.39, 0.29) is 77.0 Å². The minimum absolute atomic E-state index is 0.0385. The number of carbonyl (C=O) groups excluding carboxylic acids is 2. The number of likely N-dealkylation sites (tertiary alicyclic amines) is 2. The highest BCUT2D eigenvalue weighted by Crippen LogP contribution is 2.68. The van der Waals surface area contributed by atoms with Crippen molar-refractivity contribution in [1.29, 1.82) is 0 Å². The van der Waals surface area contributed by atoms with Gasteiger partial charge >= 0.3 is 0 Å². The molecule has 2 amide bonds. The van der Waals surface area contributed by atoms with E-state index >= 15 is 0 Å². The summed E-state index contributed by atoms with van der Waals surface area (Å²) in [5, 5.41) is 67.3. The Hall–Kier alpha value is -5.28. The number of phenols is 1. The van der Waals surface area contributed by atoms with Gasteiger partial charge in [0.05, 0.1) is 33.2 Å². The molecule has 2 unspecified atom stereocenters. The van der Waals surface area contributed by atoms with Crippen LogP contribution in [0.15, 0.2) is 77.3 Å². The number of hydrogen-bond donors (Lipinski definition) is 7. The van der Waals surface area contributed by atoms with E-state index in [1.807, 2.05) is 44.2 Å². The maximum Gasteiger partial charge on any atom is 0.255 e. The summed E-state index contributed by atoms with van der Waals surface area (Å²) in [7, 11) is 0. The molecule has 3 aromatic rings. The number of rotatable bonds is 10. The number of benzene rings is 3. The van der Waals surface area contributed by atoms with Crippen LogP contribution in [-0.2, 0) is 33.3 Å². The van der Waals surface area contributed by atoms with E-state index in [9.17, 15) is 35.1 Å². The number of aromatic hydroxyl groups is 1. The Morgan fingerprint density at radius 2 is 1.35 bits per heavy atom. The van der Waals surface area contributed by atoms with Crippen LogP contribution in [0, 0.1) is 11.8 Å². The van der Waals surface area contributed by atoms with Gasteiger partial charge in [-0.3, -0.25) is 19.4 Å². The Bertz CT molecular complexity index is 2660. The molecule has 0 radical (unpaired) electrons. The van der Waals surface area contributed by atoms with Crippen LogP contribution >= 0.6 is 0 Å². The van der Waals surface area contributed by atoms with E-state index in [0.717, 1.165) is 41.8 Å². The normalized spacial score (nSPS) is 36.7. The quantitative estimate of drug-likeness (QED) is 0.150. The molecule has 10 aliphatic rings. The maximum atomic E-state index is 13.9. The zero-order valence-electron chi connectivity index (χ0n) is 36.7. The first-order valence-corrected chi connectivity index (χ1v) is 23.7. The summed E-state index contributed by atoms with van der Waals surface area (Å²) in [5.74, 6) is 0.812. The third kappa shape index (κ3) is 5.25. The Balaban J connectivity index is 0.801. The van der Waals surface area contributed by atoms with Gasteiger partial charge in [0.15, 0.2) is 35.2 Å². The van der Waals surface area contributed by atoms with Gasteiger partial charge in [0, 0.05) is 66.8 Å². The summed E-state index contributed by atoms with van der Waals surface area (Å²) in [6.45, 7) is 6.65. The van der Waals surface area contributed by atoms with Crippen LogP contribution < -0.4 is 24.8 Å². The standard InChI is InChI=1S/C51H56N4O10/c1-25(2)52-46(59)31-21-50(61)36-20-28-11-13-34(43-39(28)49(50,45(65-43)40(31)57)14-16-54(36)23-26-8-9-26)63-35-18-29(35)24-55-17-15-48-38-27-10-12-33(56)42(38)64-44(48)41(58)32(22-51(48,62)37(55)19-27)47(60)53-30-6-4-3-5-7-30/h3-7,10-13,25-26,29,35-37,44-45,56-58,61-62H,8-9,14-24H2,1-2H3,(H,52,59)(H,53,60)/t29?,35?,36-,37-,44+,45+,48+,49+,50-,51-/m1/s1. The van der Waals surface area contributed by atoms with Crippen molar-refractivity contribution >= 4 is 17.5 Å². The molecule has 4 heterocycles. The maximum absolute atomic E-state index is 13.9. The Kier molecular flexibility index (Phi) is 8.27. The molecule has 340 valence electrons. The summed E-state index contributed by atoms with van der Waals surface area (Å²) in [4.78, 5) is 32.4. The van der Waals surface area contributed by atoms with Crippen LogP contribution in [0.1, 0.15) is 81.0 Å². The number of hydrogen-bond acceptors (Lipinski definition) is 12. The zero-order valence-corrected chi connectivity index (χ0v) is 36.7. The summed E-state index contributed by atoms with van der Waals surface area (Å²) in [6, 6.07) is 15.8.